The van der Waals surface area contributed by atoms with Gasteiger partial charge in [0.15, 0.2) is 0 Å². The van der Waals surface area contributed by atoms with Crippen molar-refractivity contribution in [3.8, 4) is 0 Å². The van der Waals surface area contributed by atoms with E-state index in [1.807, 2.05) is 53.3 Å². The zero-order valence-corrected chi connectivity index (χ0v) is 19.8. The summed E-state index contributed by atoms with van der Waals surface area (Å²) in [6.07, 6.45) is 6.24. The predicted octanol–water partition coefficient (Wildman–Crippen LogP) is 5.26. The van der Waals surface area contributed by atoms with Gasteiger partial charge in [0.2, 0.25) is 5.91 Å². The number of thiophene rings is 1. The Kier molecular flexibility index (Phi) is 5.76. The van der Waals surface area contributed by atoms with Crippen molar-refractivity contribution in [3.63, 3.8) is 0 Å². The number of carbonyl (C=O) groups excluding carboxylic acids is 2. The van der Waals surface area contributed by atoms with E-state index in [-0.39, 0.29) is 17.9 Å². The largest absolute Gasteiger partial charge is 0.351 e. The average Bonchev–Trinajstić information content (AvgIpc) is 3.38. The molecule has 1 fully saturated rings. The van der Waals surface area contributed by atoms with Gasteiger partial charge in [0, 0.05) is 17.6 Å². The molecule has 1 N–H and O–H groups in total. The van der Waals surface area contributed by atoms with Crippen molar-refractivity contribution in [3.05, 3.63) is 58.1 Å². The second-order valence-corrected chi connectivity index (χ2v) is 10.6. The maximum atomic E-state index is 13.7. The summed E-state index contributed by atoms with van der Waals surface area (Å²) < 4.78 is 3.12. The number of nitrogens with one attached hydrogen (secondary N) is 1. The van der Waals surface area contributed by atoms with Gasteiger partial charge in [-0.1, -0.05) is 43.0 Å². The monoisotopic (exact) mass is 469 g/mol. The minimum absolute atomic E-state index is 0.0448. The van der Waals surface area contributed by atoms with Crippen LogP contribution < -0.4 is 5.32 Å². The normalized spacial score (nSPS) is 21.7. The van der Waals surface area contributed by atoms with E-state index in [0.29, 0.717) is 30.2 Å². The van der Waals surface area contributed by atoms with Crippen LogP contribution in [0.15, 0.2) is 41.8 Å². The van der Waals surface area contributed by atoms with E-state index in [4.69, 9.17) is 11.6 Å². The number of benzene rings is 1. The topological polar surface area (TPSA) is 54.3 Å². The Bertz CT molecular complexity index is 1150. The molecule has 5 rings (SSSR count). The van der Waals surface area contributed by atoms with Gasteiger partial charge in [0.1, 0.15) is 11.2 Å². The molecule has 2 amide bonds. The van der Waals surface area contributed by atoms with Crippen LogP contribution in [0, 0.1) is 0 Å². The molecule has 1 saturated carbocycles. The second kappa shape index (κ2) is 8.56. The van der Waals surface area contributed by atoms with Gasteiger partial charge in [-0.05, 0) is 61.4 Å². The van der Waals surface area contributed by atoms with Crippen LogP contribution in [0.2, 0.25) is 5.02 Å². The van der Waals surface area contributed by atoms with Crippen molar-refractivity contribution >= 4 is 45.0 Å². The molecule has 1 aliphatic heterocycles. The number of aromatic nitrogens is 1. The summed E-state index contributed by atoms with van der Waals surface area (Å²) in [5.41, 5.74) is 1.86. The number of rotatable bonds is 5. The molecule has 0 unspecified atom stereocenters. The van der Waals surface area contributed by atoms with E-state index >= 15 is 0 Å². The molecule has 32 heavy (non-hydrogen) atoms. The maximum Gasteiger partial charge on any atom is 0.271 e. The van der Waals surface area contributed by atoms with E-state index in [1.165, 1.54) is 6.42 Å². The molecular weight excluding hydrogens is 442 g/mol. The van der Waals surface area contributed by atoms with E-state index in [2.05, 4.69) is 5.32 Å². The third kappa shape index (κ3) is 3.84. The van der Waals surface area contributed by atoms with Crippen LogP contribution >= 0.6 is 22.9 Å². The Labute approximate surface area is 197 Å². The maximum absolute atomic E-state index is 13.7. The van der Waals surface area contributed by atoms with Crippen LogP contribution in [-0.4, -0.2) is 39.4 Å². The van der Waals surface area contributed by atoms with Crippen molar-refractivity contribution in [1.82, 2.24) is 14.8 Å². The lowest BCUT2D eigenvalue weighted by Gasteiger charge is -2.45. The lowest BCUT2D eigenvalue weighted by Crippen LogP contribution is -2.65. The predicted molar refractivity (Wildman–Crippen MR) is 129 cm³/mol. The summed E-state index contributed by atoms with van der Waals surface area (Å²) in [5, 5.41) is 6.02. The minimum atomic E-state index is -0.943. The van der Waals surface area contributed by atoms with E-state index in [1.54, 1.807) is 16.2 Å². The molecule has 3 aromatic rings. The van der Waals surface area contributed by atoms with Gasteiger partial charge in [0.05, 0.1) is 16.8 Å². The first-order valence-electron chi connectivity index (χ1n) is 11.4. The lowest BCUT2D eigenvalue weighted by molar-refractivity contribution is -0.133. The number of hydrogen-bond acceptors (Lipinski definition) is 3. The van der Waals surface area contributed by atoms with Gasteiger partial charge in [-0.25, -0.2) is 0 Å². The fourth-order valence-electron chi connectivity index (χ4n) is 5.10. The number of hydrogen-bond donors (Lipinski definition) is 1. The summed E-state index contributed by atoms with van der Waals surface area (Å²) in [6, 6.07) is 11.9. The number of fused-ring (bicyclic) bond motifs is 3. The molecule has 0 bridgehead atoms. The van der Waals surface area contributed by atoms with E-state index < -0.39 is 5.54 Å². The number of halogens is 1. The Morgan fingerprint density at radius 2 is 1.94 bits per heavy atom. The molecule has 0 radical (unpaired) electrons. The smallest absolute Gasteiger partial charge is 0.271 e. The Morgan fingerprint density at radius 1 is 1.19 bits per heavy atom. The first kappa shape index (κ1) is 21.5. The highest BCUT2D eigenvalue weighted by atomic mass is 35.5. The van der Waals surface area contributed by atoms with Gasteiger partial charge >= 0.3 is 0 Å². The van der Waals surface area contributed by atoms with Gasteiger partial charge in [-0.3, -0.25) is 9.59 Å². The van der Waals surface area contributed by atoms with Crippen LogP contribution in [0.1, 0.15) is 55.1 Å². The fraction of sp³-hybridized carbons (Fsp3) is 0.440. The highest BCUT2D eigenvalue weighted by Gasteiger charge is 2.48. The Hall–Kier alpha value is -2.31. The highest BCUT2D eigenvalue weighted by Crippen LogP contribution is 2.35. The van der Waals surface area contributed by atoms with Gasteiger partial charge in [-0.15, -0.1) is 11.3 Å². The third-order valence-electron chi connectivity index (χ3n) is 7.02. The van der Waals surface area contributed by atoms with Gasteiger partial charge < -0.3 is 14.8 Å². The van der Waals surface area contributed by atoms with Crippen molar-refractivity contribution in [2.24, 2.45) is 0 Å². The Morgan fingerprint density at radius 3 is 2.69 bits per heavy atom. The fourth-order valence-corrected chi connectivity index (χ4v) is 6.05. The summed E-state index contributed by atoms with van der Waals surface area (Å²) in [4.78, 5) is 29.1. The summed E-state index contributed by atoms with van der Waals surface area (Å²) >= 11 is 7.66. The molecule has 5 nitrogen and oxygen atoms in total. The van der Waals surface area contributed by atoms with Crippen molar-refractivity contribution in [2.75, 3.05) is 6.54 Å². The summed E-state index contributed by atoms with van der Waals surface area (Å²) in [5.74, 6) is -0.119. The van der Waals surface area contributed by atoms with Crippen molar-refractivity contribution in [2.45, 2.75) is 63.6 Å². The molecule has 0 saturated heterocycles. The van der Waals surface area contributed by atoms with Gasteiger partial charge in [0.25, 0.3) is 5.91 Å². The van der Waals surface area contributed by atoms with Crippen LogP contribution in [0.5, 0.6) is 0 Å². The van der Waals surface area contributed by atoms with Crippen LogP contribution in [-0.2, 0) is 17.8 Å². The zero-order valence-electron chi connectivity index (χ0n) is 18.3. The number of amides is 2. The van der Waals surface area contributed by atoms with Gasteiger partial charge in [-0.2, -0.15) is 0 Å². The number of nitrogens with zero attached hydrogens (tertiary/aromatic N) is 2. The van der Waals surface area contributed by atoms with E-state index in [0.717, 1.165) is 41.5 Å². The molecule has 2 aromatic heterocycles. The minimum Gasteiger partial charge on any atom is -0.351 e. The molecule has 1 atom stereocenters. The summed E-state index contributed by atoms with van der Waals surface area (Å²) in [6.45, 7) is 2.87. The highest BCUT2D eigenvalue weighted by molar-refractivity contribution is 7.17. The number of carbonyl (C=O) groups is 2. The van der Waals surface area contributed by atoms with Crippen molar-refractivity contribution in [1.29, 1.82) is 0 Å². The molecule has 3 heterocycles. The van der Waals surface area contributed by atoms with Crippen LogP contribution in [0.3, 0.4) is 0 Å². The first-order valence-corrected chi connectivity index (χ1v) is 12.7. The molecule has 0 spiro atoms. The molecule has 168 valence electrons. The molecular formula is C25H28ClN3O2S. The molecule has 1 aromatic carbocycles. The zero-order chi connectivity index (χ0) is 22.3. The quantitative estimate of drug-likeness (QED) is 0.554. The average molecular weight is 470 g/mol. The molecule has 7 heteroatoms. The van der Waals surface area contributed by atoms with Crippen LogP contribution in [0.25, 0.3) is 10.2 Å². The SMILES string of the molecule is C[C@@]1(C(=O)NC2CCCCC2)Cn2c(cc3sccc32)C(=O)N1CCc1ccc(Cl)cc1. The Balaban J connectivity index is 1.46. The lowest BCUT2D eigenvalue weighted by atomic mass is 9.91. The second-order valence-electron chi connectivity index (χ2n) is 9.20. The molecule has 2 aliphatic rings. The van der Waals surface area contributed by atoms with Crippen molar-refractivity contribution < 1.29 is 9.59 Å². The third-order valence-corrected chi connectivity index (χ3v) is 8.12. The van der Waals surface area contributed by atoms with E-state index in [9.17, 15) is 9.59 Å². The van der Waals surface area contributed by atoms with Crippen LogP contribution in [0.4, 0.5) is 0 Å². The first-order chi connectivity index (χ1) is 15.5. The summed E-state index contributed by atoms with van der Waals surface area (Å²) in [7, 11) is 0. The standard InChI is InChI=1S/C25H28ClN3O2S/c1-25(24(31)27-19-5-3-2-4-6-19)16-28-20-12-14-32-22(20)15-21(28)23(30)29(25)13-11-17-7-9-18(26)10-8-17/h7-10,12,14-15,19H,2-6,11,13,16H2,1H3,(H,27,31)/t25-/m0/s1. The molecule has 1 aliphatic carbocycles.